The fourth-order valence-electron chi connectivity index (χ4n) is 2.82. The van der Waals surface area contributed by atoms with Crippen molar-refractivity contribution in [1.82, 2.24) is 9.97 Å². The molecule has 0 aliphatic carbocycles. The molecule has 0 unspecified atom stereocenters. The fraction of sp³-hybridized carbons (Fsp3) is 0.176. The largest absolute Gasteiger partial charge is 0.493 e. The Morgan fingerprint density at radius 3 is 2.93 bits per heavy atom. The third-order valence-electron chi connectivity index (χ3n) is 4.08. The minimum atomic E-state index is -0.540. The van der Waals surface area contributed by atoms with Gasteiger partial charge in [-0.15, -0.1) is 0 Å². The molecule has 10 heteroatoms. The summed E-state index contributed by atoms with van der Waals surface area (Å²) >= 11 is 5.95. The highest BCUT2D eigenvalue weighted by Gasteiger charge is 2.20. The van der Waals surface area contributed by atoms with Gasteiger partial charge in [-0.2, -0.15) is 0 Å². The van der Waals surface area contributed by atoms with Crippen LogP contribution in [-0.4, -0.2) is 28.8 Å². The lowest BCUT2D eigenvalue weighted by Gasteiger charge is -2.11. The molecule has 2 heterocycles. The molecule has 0 saturated carbocycles. The number of nitrogens with zero attached hydrogens (tertiary/aromatic N) is 3. The molecule has 0 spiro atoms. The van der Waals surface area contributed by atoms with Gasteiger partial charge in [-0.3, -0.25) is 10.1 Å². The van der Waals surface area contributed by atoms with Crippen LogP contribution in [0.1, 0.15) is 5.56 Å². The van der Waals surface area contributed by atoms with E-state index >= 15 is 0 Å². The number of benzene rings is 2. The van der Waals surface area contributed by atoms with E-state index in [2.05, 4.69) is 15.3 Å². The van der Waals surface area contributed by atoms with Crippen molar-refractivity contribution in [2.75, 3.05) is 19.2 Å². The van der Waals surface area contributed by atoms with Crippen LogP contribution in [0.5, 0.6) is 17.2 Å². The molecule has 0 radical (unpaired) electrons. The van der Waals surface area contributed by atoms with Gasteiger partial charge in [0, 0.05) is 18.0 Å². The third-order valence-corrected chi connectivity index (χ3v) is 4.38. The Morgan fingerprint density at radius 2 is 2.15 bits per heavy atom. The first-order valence-corrected chi connectivity index (χ1v) is 8.23. The van der Waals surface area contributed by atoms with E-state index in [0.29, 0.717) is 40.5 Å². The van der Waals surface area contributed by atoms with Crippen molar-refractivity contribution in [2.24, 2.45) is 0 Å². The minimum Gasteiger partial charge on any atom is -0.493 e. The summed E-state index contributed by atoms with van der Waals surface area (Å²) in [7, 11) is 1.55. The molecule has 0 amide bonds. The first kappa shape index (κ1) is 17.1. The molecule has 1 aliphatic rings. The molecule has 27 heavy (non-hydrogen) atoms. The predicted molar refractivity (Wildman–Crippen MR) is 97.6 cm³/mol. The number of hydrogen-bond donors (Lipinski definition) is 1. The van der Waals surface area contributed by atoms with Gasteiger partial charge < -0.3 is 19.5 Å². The van der Waals surface area contributed by atoms with Crippen molar-refractivity contribution < 1.29 is 19.1 Å². The average molecular weight is 389 g/mol. The quantitative estimate of drug-likeness (QED) is 0.522. The van der Waals surface area contributed by atoms with Gasteiger partial charge in [0.2, 0.25) is 12.5 Å². The number of hydrogen-bond acceptors (Lipinski definition) is 8. The highest BCUT2D eigenvalue weighted by Crippen LogP contribution is 2.42. The van der Waals surface area contributed by atoms with Crippen LogP contribution >= 0.6 is 11.6 Å². The molecule has 9 nitrogen and oxygen atoms in total. The Bertz CT molecular complexity index is 1060. The lowest BCUT2D eigenvalue weighted by Crippen LogP contribution is -2.03. The molecule has 0 saturated heterocycles. The standard InChI is InChI=1S/C17H13ClN4O5/c1-25-14-2-9(3-15-16(14)27-8-26-15)6-19-17-10-4-13(22(23)24)11(18)5-12(10)20-7-21-17/h2-5,7H,6,8H2,1H3,(H,19,20,21). The van der Waals surface area contributed by atoms with Crippen molar-refractivity contribution in [2.45, 2.75) is 6.54 Å². The third kappa shape index (κ3) is 3.13. The zero-order chi connectivity index (χ0) is 19.0. The smallest absolute Gasteiger partial charge is 0.288 e. The van der Waals surface area contributed by atoms with Crippen LogP contribution < -0.4 is 19.5 Å². The van der Waals surface area contributed by atoms with Crippen molar-refractivity contribution in [3.8, 4) is 17.2 Å². The molecule has 0 atom stereocenters. The first-order chi connectivity index (χ1) is 13.1. The highest BCUT2D eigenvalue weighted by molar-refractivity contribution is 6.33. The molecule has 1 N–H and O–H groups in total. The monoisotopic (exact) mass is 388 g/mol. The van der Waals surface area contributed by atoms with Crippen LogP contribution in [0.4, 0.5) is 11.5 Å². The van der Waals surface area contributed by atoms with Crippen molar-refractivity contribution >= 4 is 34.0 Å². The lowest BCUT2D eigenvalue weighted by atomic mass is 10.1. The zero-order valence-electron chi connectivity index (χ0n) is 14.1. The van der Waals surface area contributed by atoms with Crippen molar-refractivity contribution in [3.05, 3.63) is 51.3 Å². The van der Waals surface area contributed by atoms with E-state index < -0.39 is 4.92 Å². The number of anilines is 1. The summed E-state index contributed by atoms with van der Waals surface area (Å²) in [6.45, 7) is 0.527. The summed E-state index contributed by atoms with van der Waals surface area (Å²) in [5.41, 5.74) is 1.17. The Hall–Kier alpha value is -3.33. The topological polar surface area (TPSA) is 109 Å². The summed E-state index contributed by atoms with van der Waals surface area (Å²) in [5, 5.41) is 14.8. The molecular weight excluding hydrogens is 376 g/mol. The summed E-state index contributed by atoms with van der Waals surface area (Å²) in [6.07, 6.45) is 1.37. The number of ether oxygens (including phenoxy) is 3. The Balaban J connectivity index is 1.66. The molecule has 1 aliphatic heterocycles. The summed E-state index contributed by atoms with van der Waals surface area (Å²) < 4.78 is 16.1. The van der Waals surface area contributed by atoms with Crippen LogP contribution in [-0.2, 0) is 6.54 Å². The molecule has 4 rings (SSSR count). The van der Waals surface area contributed by atoms with E-state index in [9.17, 15) is 10.1 Å². The molecule has 0 fully saturated rings. The molecule has 2 aromatic carbocycles. The van der Waals surface area contributed by atoms with Crippen LogP contribution in [0.15, 0.2) is 30.6 Å². The maximum Gasteiger partial charge on any atom is 0.288 e. The van der Waals surface area contributed by atoms with Crippen molar-refractivity contribution in [3.63, 3.8) is 0 Å². The van der Waals surface area contributed by atoms with Crippen LogP contribution in [0, 0.1) is 10.1 Å². The number of nitro groups is 1. The van der Waals surface area contributed by atoms with Gasteiger partial charge in [0.15, 0.2) is 11.5 Å². The molecular formula is C17H13ClN4O5. The van der Waals surface area contributed by atoms with Gasteiger partial charge >= 0.3 is 0 Å². The van der Waals surface area contributed by atoms with Crippen LogP contribution in [0.25, 0.3) is 10.9 Å². The highest BCUT2D eigenvalue weighted by atomic mass is 35.5. The van der Waals surface area contributed by atoms with Gasteiger partial charge in [-0.1, -0.05) is 11.6 Å². The van der Waals surface area contributed by atoms with E-state index in [-0.39, 0.29) is 17.5 Å². The van der Waals surface area contributed by atoms with E-state index in [1.165, 1.54) is 18.5 Å². The number of nitrogens with one attached hydrogen (secondary N) is 1. The number of aromatic nitrogens is 2. The summed E-state index contributed by atoms with van der Waals surface area (Å²) in [6, 6.07) is 6.47. The van der Waals surface area contributed by atoms with Crippen LogP contribution in [0.2, 0.25) is 5.02 Å². The summed E-state index contributed by atoms with van der Waals surface area (Å²) in [5.74, 6) is 2.19. The lowest BCUT2D eigenvalue weighted by molar-refractivity contribution is -0.384. The molecule has 138 valence electrons. The van der Waals surface area contributed by atoms with Gasteiger partial charge in [0.05, 0.1) is 17.5 Å². The van der Waals surface area contributed by atoms with E-state index in [1.54, 1.807) is 7.11 Å². The van der Waals surface area contributed by atoms with Gasteiger partial charge in [-0.25, -0.2) is 9.97 Å². The number of methoxy groups -OCH3 is 1. The maximum absolute atomic E-state index is 11.2. The second-order valence-electron chi connectivity index (χ2n) is 5.69. The Kier molecular flexibility index (Phi) is 4.28. The SMILES string of the molecule is COc1cc(CNc2ncnc3cc(Cl)c([N+](=O)[O-])cc23)cc2c1OCO2. The summed E-state index contributed by atoms with van der Waals surface area (Å²) in [4.78, 5) is 18.9. The molecule has 1 aromatic heterocycles. The van der Waals surface area contributed by atoms with E-state index in [4.69, 9.17) is 25.8 Å². The Morgan fingerprint density at radius 1 is 1.30 bits per heavy atom. The maximum atomic E-state index is 11.2. The molecule has 0 bridgehead atoms. The van der Waals surface area contributed by atoms with Gasteiger partial charge in [0.25, 0.3) is 5.69 Å². The second-order valence-corrected chi connectivity index (χ2v) is 6.09. The predicted octanol–water partition coefficient (Wildman–Crippen LogP) is 3.54. The van der Waals surface area contributed by atoms with Crippen LogP contribution in [0.3, 0.4) is 0 Å². The van der Waals surface area contributed by atoms with Gasteiger partial charge in [0.1, 0.15) is 17.2 Å². The number of nitro benzene ring substituents is 1. The van der Waals surface area contributed by atoms with E-state index in [0.717, 1.165) is 5.56 Å². The number of rotatable bonds is 5. The second kappa shape index (κ2) is 6.76. The number of halogens is 1. The van der Waals surface area contributed by atoms with E-state index in [1.807, 2.05) is 12.1 Å². The number of fused-ring (bicyclic) bond motifs is 2. The van der Waals surface area contributed by atoms with Crippen molar-refractivity contribution in [1.29, 1.82) is 0 Å². The zero-order valence-corrected chi connectivity index (χ0v) is 14.8. The normalized spacial score (nSPS) is 12.2. The van der Waals surface area contributed by atoms with Gasteiger partial charge in [-0.05, 0) is 23.8 Å². The Labute approximate surface area is 158 Å². The average Bonchev–Trinajstić information content (AvgIpc) is 3.13. The first-order valence-electron chi connectivity index (χ1n) is 7.86. The minimum absolute atomic E-state index is 0.0256. The fourth-order valence-corrected chi connectivity index (χ4v) is 3.05. The molecule has 3 aromatic rings.